The molecule has 3 aromatic rings. The van der Waals surface area contributed by atoms with Crippen LogP contribution >= 0.6 is 11.6 Å². The number of benzene rings is 2. The number of carbonyl (C=O) groups excluding carboxylic acids is 1. The molecule has 9 nitrogen and oxygen atoms in total. The molecule has 0 saturated carbocycles. The second kappa shape index (κ2) is 8.30. The molecule has 3 rings (SSSR count). The van der Waals surface area contributed by atoms with E-state index >= 15 is 0 Å². The predicted octanol–water partition coefficient (Wildman–Crippen LogP) is 2.22. The van der Waals surface area contributed by atoms with Crippen LogP contribution < -0.4 is 15.0 Å². The number of aromatic nitrogens is 2. The lowest BCUT2D eigenvalue weighted by molar-refractivity contribution is 0.0941. The van der Waals surface area contributed by atoms with Gasteiger partial charge in [-0.2, -0.15) is 0 Å². The molecule has 0 aliphatic heterocycles. The molecule has 0 saturated heterocycles. The van der Waals surface area contributed by atoms with Crippen molar-refractivity contribution in [2.45, 2.75) is 4.90 Å². The Bertz CT molecular complexity index is 1230. The van der Waals surface area contributed by atoms with Crippen LogP contribution in [0.15, 0.2) is 47.8 Å². The van der Waals surface area contributed by atoms with E-state index in [1.54, 1.807) is 17.8 Å². The first-order valence-corrected chi connectivity index (χ1v) is 10.1. The van der Waals surface area contributed by atoms with Crippen molar-refractivity contribution in [3.63, 3.8) is 0 Å². The number of hydrazine groups is 1. The van der Waals surface area contributed by atoms with Gasteiger partial charge in [-0.3, -0.25) is 10.2 Å². The minimum Gasteiger partial charge on any atom is -0.504 e. The van der Waals surface area contributed by atoms with Gasteiger partial charge < -0.3 is 14.4 Å². The van der Waals surface area contributed by atoms with Gasteiger partial charge in [-0.1, -0.05) is 11.6 Å². The van der Waals surface area contributed by atoms with Gasteiger partial charge in [0.25, 0.3) is 15.9 Å². The average Bonchev–Trinajstić information content (AvgIpc) is 3.14. The van der Waals surface area contributed by atoms with Crippen LogP contribution in [0.4, 0.5) is 4.39 Å². The number of methoxy groups -OCH3 is 1. The topological polar surface area (TPSA) is 123 Å². The summed E-state index contributed by atoms with van der Waals surface area (Å²) < 4.78 is 45.6. The van der Waals surface area contributed by atoms with Crippen LogP contribution in [0.2, 0.25) is 5.02 Å². The maximum atomic E-state index is 14.4. The number of rotatable bonds is 6. The van der Waals surface area contributed by atoms with Crippen LogP contribution in [0.25, 0.3) is 11.3 Å². The summed E-state index contributed by atoms with van der Waals surface area (Å²) in [7, 11) is -1.22. The van der Waals surface area contributed by atoms with Crippen molar-refractivity contribution in [3.8, 4) is 22.8 Å². The van der Waals surface area contributed by atoms with Gasteiger partial charge in [-0.15, -0.1) is 4.83 Å². The highest BCUT2D eigenvalue weighted by Crippen LogP contribution is 2.29. The molecular formula is C18H16ClFN4O5S. The summed E-state index contributed by atoms with van der Waals surface area (Å²) in [5, 5.41) is 9.41. The summed E-state index contributed by atoms with van der Waals surface area (Å²) in [6.07, 6.45) is 3.16. The predicted molar refractivity (Wildman–Crippen MR) is 106 cm³/mol. The maximum Gasteiger partial charge on any atom is 0.269 e. The number of phenolic OH excluding ortho intramolecular Hbond substituents is 1. The van der Waals surface area contributed by atoms with Crippen LogP contribution in [-0.4, -0.2) is 36.1 Å². The van der Waals surface area contributed by atoms with Gasteiger partial charge in [0.15, 0.2) is 17.3 Å². The smallest absolute Gasteiger partial charge is 0.269 e. The van der Waals surface area contributed by atoms with E-state index in [9.17, 15) is 22.7 Å². The molecule has 0 bridgehead atoms. The van der Waals surface area contributed by atoms with Gasteiger partial charge in [0.05, 0.1) is 34.6 Å². The fourth-order valence-electron chi connectivity index (χ4n) is 2.54. The first-order chi connectivity index (χ1) is 14.1. The molecule has 0 radical (unpaired) electrons. The third-order valence-corrected chi connectivity index (χ3v) is 5.55. The summed E-state index contributed by atoms with van der Waals surface area (Å²) in [4.78, 5) is 18.0. The molecule has 0 aliphatic carbocycles. The Morgan fingerprint density at radius 1 is 1.30 bits per heavy atom. The lowest BCUT2D eigenvalue weighted by Gasteiger charge is -2.11. The second-order valence-electron chi connectivity index (χ2n) is 6.14. The number of phenols is 1. The van der Waals surface area contributed by atoms with E-state index in [1.807, 2.05) is 10.3 Å². The number of halogens is 2. The number of aryl methyl sites for hydroxylation is 1. The van der Waals surface area contributed by atoms with E-state index in [1.165, 1.54) is 31.6 Å². The Hall–Kier alpha value is -3.15. The summed E-state index contributed by atoms with van der Waals surface area (Å²) in [5.41, 5.74) is 2.26. The number of nitrogens with one attached hydrogen (secondary N) is 2. The van der Waals surface area contributed by atoms with Crippen molar-refractivity contribution in [1.82, 2.24) is 19.8 Å². The van der Waals surface area contributed by atoms with Crippen LogP contribution in [-0.2, 0) is 17.1 Å². The number of aromatic hydroxyl groups is 1. The molecule has 3 N–H and O–H groups in total. The van der Waals surface area contributed by atoms with Crippen LogP contribution in [0.5, 0.6) is 11.5 Å². The van der Waals surface area contributed by atoms with E-state index in [4.69, 9.17) is 16.3 Å². The van der Waals surface area contributed by atoms with Gasteiger partial charge in [0.2, 0.25) is 0 Å². The SMILES string of the molecule is COc1ccc(S(=O)(=O)NNC(=O)c2cc(-c3cn(C)cn3)cc(Cl)c2F)cc1O. The Balaban J connectivity index is 1.83. The van der Waals surface area contributed by atoms with Crippen molar-refractivity contribution in [1.29, 1.82) is 0 Å². The first-order valence-electron chi connectivity index (χ1n) is 8.29. The van der Waals surface area contributed by atoms with E-state index in [0.29, 0.717) is 11.3 Å². The number of amides is 1. The molecule has 0 aliphatic rings. The monoisotopic (exact) mass is 454 g/mol. The lowest BCUT2D eigenvalue weighted by Crippen LogP contribution is -2.41. The molecule has 0 fully saturated rings. The average molecular weight is 455 g/mol. The van der Waals surface area contributed by atoms with Gasteiger partial charge >= 0.3 is 0 Å². The number of imidazole rings is 1. The van der Waals surface area contributed by atoms with E-state index < -0.39 is 33.1 Å². The van der Waals surface area contributed by atoms with Crippen LogP contribution in [0.1, 0.15) is 10.4 Å². The number of hydrogen-bond donors (Lipinski definition) is 3. The maximum absolute atomic E-state index is 14.4. The number of nitrogens with zero attached hydrogens (tertiary/aromatic N) is 2. The largest absolute Gasteiger partial charge is 0.504 e. The van der Waals surface area contributed by atoms with Crippen LogP contribution in [0.3, 0.4) is 0 Å². The zero-order valence-corrected chi connectivity index (χ0v) is 17.3. The summed E-state index contributed by atoms with van der Waals surface area (Å²) >= 11 is 5.88. The minimum absolute atomic E-state index is 0.0704. The highest BCUT2D eigenvalue weighted by Gasteiger charge is 2.21. The fraction of sp³-hybridized carbons (Fsp3) is 0.111. The molecule has 0 atom stereocenters. The van der Waals surface area contributed by atoms with Gasteiger partial charge in [-0.05, 0) is 24.3 Å². The minimum atomic E-state index is -4.26. The number of hydrogen-bond acceptors (Lipinski definition) is 6. The number of sulfonamides is 1. The lowest BCUT2D eigenvalue weighted by atomic mass is 10.1. The zero-order chi connectivity index (χ0) is 22.1. The summed E-state index contributed by atoms with van der Waals surface area (Å²) in [5.74, 6) is -2.43. The van der Waals surface area contributed by atoms with Crippen LogP contribution in [0, 0.1) is 5.82 Å². The molecule has 12 heteroatoms. The Morgan fingerprint density at radius 3 is 2.63 bits per heavy atom. The van der Waals surface area contributed by atoms with Gasteiger partial charge in [-0.25, -0.2) is 17.8 Å². The molecule has 1 amide bonds. The molecule has 0 spiro atoms. The van der Waals surface area contributed by atoms with Crippen molar-refractivity contribution in [2.75, 3.05) is 7.11 Å². The molecule has 1 aromatic heterocycles. The van der Waals surface area contributed by atoms with Gasteiger partial charge in [0, 0.05) is 24.9 Å². The van der Waals surface area contributed by atoms with Crippen molar-refractivity contribution >= 4 is 27.5 Å². The Morgan fingerprint density at radius 2 is 2.03 bits per heavy atom. The van der Waals surface area contributed by atoms with Crippen molar-refractivity contribution in [2.24, 2.45) is 7.05 Å². The summed E-state index contributed by atoms with van der Waals surface area (Å²) in [6, 6.07) is 5.84. The third-order valence-electron chi connectivity index (χ3n) is 4.03. The molecule has 0 unspecified atom stereocenters. The Kier molecular flexibility index (Phi) is 5.97. The molecule has 1 heterocycles. The molecule has 30 heavy (non-hydrogen) atoms. The highest BCUT2D eigenvalue weighted by molar-refractivity contribution is 7.89. The van der Waals surface area contributed by atoms with E-state index in [0.717, 1.165) is 12.1 Å². The zero-order valence-electron chi connectivity index (χ0n) is 15.7. The summed E-state index contributed by atoms with van der Waals surface area (Å²) in [6.45, 7) is 0. The van der Waals surface area contributed by atoms with Crippen molar-refractivity contribution < 1.29 is 27.4 Å². The fourth-order valence-corrected chi connectivity index (χ4v) is 3.62. The molecular weight excluding hydrogens is 439 g/mol. The second-order valence-corrected chi connectivity index (χ2v) is 8.23. The number of carbonyl (C=O) groups is 1. The highest BCUT2D eigenvalue weighted by atomic mass is 35.5. The van der Waals surface area contributed by atoms with E-state index in [-0.39, 0.29) is 15.7 Å². The first kappa shape index (κ1) is 21.6. The Labute approximate surface area is 176 Å². The van der Waals surface area contributed by atoms with E-state index in [2.05, 4.69) is 4.98 Å². The normalized spacial score (nSPS) is 11.3. The third kappa shape index (κ3) is 4.37. The molecule has 2 aromatic carbocycles. The van der Waals surface area contributed by atoms with Gasteiger partial charge in [0.1, 0.15) is 0 Å². The molecule has 158 valence electrons. The quantitative estimate of drug-likeness (QED) is 0.491. The van der Waals surface area contributed by atoms with Crippen molar-refractivity contribution in [3.05, 3.63) is 59.3 Å². The number of ether oxygens (including phenoxy) is 1. The standard InChI is InChI=1S/C18H16ClFN4O5S/c1-24-8-14(21-9-24)10-5-12(17(20)13(19)6-10)18(26)22-23-30(27,28)11-3-4-16(29-2)15(25)7-11/h3-9,23,25H,1-2H3,(H,22,26).